The van der Waals surface area contributed by atoms with Crippen molar-refractivity contribution in [1.29, 1.82) is 0 Å². The lowest BCUT2D eigenvalue weighted by molar-refractivity contribution is -0.118. The molecule has 2 aromatic rings. The summed E-state index contributed by atoms with van der Waals surface area (Å²) < 4.78 is 26.0. The first kappa shape index (κ1) is 19.1. The molecule has 1 saturated heterocycles. The molecule has 1 aromatic heterocycles. The summed E-state index contributed by atoms with van der Waals surface area (Å²) in [6.07, 6.45) is 3.57. The van der Waals surface area contributed by atoms with E-state index in [9.17, 15) is 13.2 Å². The topological polar surface area (TPSA) is 70.6 Å². The molecule has 3 heterocycles. The number of anilines is 1. The number of thiazole rings is 1. The fourth-order valence-electron chi connectivity index (χ4n) is 3.92. The fourth-order valence-corrected chi connectivity index (χ4v) is 5.95. The van der Waals surface area contributed by atoms with Crippen molar-refractivity contribution in [2.75, 3.05) is 30.8 Å². The highest BCUT2D eigenvalue weighted by Crippen LogP contribution is 2.47. The van der Waals surface area contributed by atoms with E-state index in [4.69, 9.17) is 23.2 Å². The summed E-state index contributed by atoms with van der Waals surface area (Å²) in [5.74, 6) is -0.0840. The van der Waals surface area contributed by atoms with Gasteiger partial charge in [0.25, 0.3) is 0 Å². The molecule has 0 N–H and O–H groups in total. The second kappa shape index (κ2) is 6.70. The normalized spacial score (nSPS) is 22.6. The first-order chi connectivity index (χ1) is 12.7. The summed E-state index contributed by atoms with van der Waals surface area (Å²) in [5, 5.41) is 1.23. The van der Waals surface area contributed by atoms with E-state index < -0.39 is 15.4 Å². The molecule has 0 saturated carbocycles. The van der Waals surface area contributed by atoms with Gasteiger partial charge in [-0.3, -0.25) is 4.79 Å². The first-order valence-electron chi connectivity index (χ1n) is 8.34. The Kier molecular flexibility index (Phi) is 4.75. The lowest BCUT2D eigenvalue weighted by Crippen LogP contribution is -2.40. The molecule has 144 valence electrons. The Hall–Kier alpha value is -1.19. The van der Waals surface area contributed by atoms with Gasteiger partial charge in [0.15, 0.2) is 0 Å². The van der Waals surface area contributed by atoms with Crippen molar-refractivity contribution in [2.24, 2.45) is 0 Å². The summed E-state index contributed by atoms with van der Waals surface area (Å²) in [6.45, 7) is 1.23. The Morgan fingerprint density at radius 1 is 1.33 bits per heavy atom. The van der Waals surface area contributed by atoms with Gasteiger partial charge in [-0.2, -0.15) is 0 Å². The number of carbonyl (C=O) groups is 1. The summed E-state index contributed by atoms with van der Waals surface area (Å²) >= 11 is 13.4. The minimum atomic E-state index is -3.29. The maximum Gasteiger partial charge on any atom is 0.233 e. The van der Waals surface area contributed by atoms with Gasteiger partial charge in [-0.25, -0.2) is 17.7 Å². The van der Waals surface area contributed by atoms with Gasteiger partial charge in [0.1, 0.15) is 9.34 Å². The van der Waals surface area contributed by atoms with Gasteiger partial charge < -0.3 is 4.90 Å². The van der Waals surface area contributed by atoms with Crippen LogP contribution in [-0.2, 0) is 26.7 Å². The van der Waals surface area contributed by atoms with Gasteiger partial charge in [-0.15, -0.1) is 11.3 Å². The van der Waals surface area contributed by atoms with Crippen molar-refractivity contribution in [3.63, 3.8) is 0 Å². The number of nitrogens with zero attached hydrogens (tertiary/aromatic N) is 3. The molecule has 1 spiro atoms. The van der Waals surface area contributed by atoms with Crippen molar-refractivity contribution < 1.29 is 13.2 Å². The van der Waals surface area contributed by atoms with Crippen LogP contribution in [0.3, 0.4) is 0 Å². The molecule has 27 heavy (non-hydrogen) atoms. The Labute approximate surface area is 171 Å². The maximum atomic E-state index is 13.0. The lowest BCUT2D eigenvalue weighted by atomic mass is 9.82. The van der Waals surface area contributed by atoms with Gasteiger partial charge in [0, 0.05) is 35.8 Å². The zero-order valence-corrected chi connectivity index (χ0v) is 17.6. The van der Waals surface area contributed by atoms with E-state index in [-0.39, 0.29) is 12.3 Å². The van der Waals surface area contributed by atoms with Crippen LogP contribution in [-0.4, -0.2) is 49.5 Å². The van der Waals surface area contributed by atoms with Crippen LogP contribution in [0.4, 0.5) is 5.69 Å². The molecule has 1 amide bonds. The number of benzene rings is 1. The van der Waals surface area contributed by atoms with Gasteiger partial charge in [-0.1, -0.05) is 23.2 Å². The summed E-state index contributed by atoms with van der Waals surface area (Å²) in [6, 6.07) is 5.45. The van der Waals surface area contributed by atoms with Crippen molar-refractivity contribution >= 4 is 56.2 Å². The number of fused-ring (bicyclic) bond motifs is 2. The van der Waals surface area contributed by atoms with E-state index in [2.05, 4.69) is 4.98 Å². The molecular formula is C17H17Cl2N3O3S2. The third-order valence-electron chi connectivity index (χ3n) is 5.20. The number of hydrogen-bond acceptors (Lipinski definition) is 5. The number of sulfonamides is 1. The van der Waals surface area contributed by atoms with E-state index in [0.29, 0.717) is 40.4 Å². The van der Waals surface area contributed by atoms with Crippen molar-refractivity contribution in [1.82, 2.24) is 9.29 Å². The molecule has 1 aromatic carbocycles. The van der Waals surface area contributed by atoms with Crippen molar-refractivity contribution in [3.8, 4) is 0 Å². The lowest BCUT2D eigenvalue weighted by Gasteiger charge is -2.25. The molecule has 1 unspecified atom stereocenters. The first-order valence-corrected chi connectivity index (χ1v) is 11.8. The Bertz CT molecular complexity index is 1020. The average Bonchev–Trinajstić information content (AvgIpc) is 3.27. The monoisotopic (exact) mass is 445 g/mol. The van der Waals surface area contributed by atoms with E-state index >= 15 is 0 Å². The number of aromatic nitrogens is 1. The Morgan fingerprint density at radius 2 is 2.11 bits per heavy atom. The summed E-state index contributed by atoms with van der Waals surface area (Å²) in [5.41, 5.74) is 1.30. The van der Waals surface area contributed by atoms with Gasteiger partial charge >= 0.3 is 0 Å². The Morgan fingerprint density at radius 3 is 2.74 bits per heavy atom. The molecule has 0 aliphatic carbocycles. The van der Waals surface area contributed by atoms with Crippen LogP contribution in [0.2, 0.25) is 9.36 Å². The largest absolute Gasteiger partial charge is 0.311 e. The van der Waals surface area contributed by atoms with Crippen LogP contribution < -0.4 is 4.90 Å². The molecule has 0 radical (unpaired) electrons. The van der Waals surface area contributed by atoms with Crippen LogP contribution >= 0.6 is 34.5 Å². The highest BCUT2D eigenvalue weighted by Gasteiger charge is 2.50. The standard InChI is InChI=1S/C17H17Cl2N3O3S2/c1-27(24,25)21-5-4-17(9-21)10-22(13-3-2-11(18)6-12(13)17)16(23)7-15-20-8-14(19)26-15/h2-3,6,8H,4-5,7,9-10H2,1H3. The smallest absolute Gasteiger partial charge is 0.233 e. The van der Waals surface area contributed by atoms with Crippen LogP contribution in [0.15, 0.2) is 24.4 Å². The molecule has 4 rings (SSSR count). The quantitative estimate of drug-likeness (QED) is 0.727. The highest BCUT2D eigenvalue weighted by atomic mass is 35.5. The van der Waals surface area contributed by atoms with Crippen molar-refractivity contribution in [2.45, 2.75) is 18.3 Å². The molecule has 1 atom stereocenters. The summed E-state index contributed by atoms with van der Waals surface area (Å²) in [4.78, 5) is 18.9. The third kappa shape index (κ3) is 3.49. The number of hydrogen-bond donors (Lipinski definition) is 0. The van der Waals surface area contributed by atoms with E-state index in [0.717, 1.165) is 11.3 Å². The van der Waals surface area contributed by atoms with E-state index in [1.165, 1.54) is 28.1 Å². The molecule has 1 fully saturated rings. The van der Waals surface area contributed by atoms with Crippen LogP contribution in [0, 0.1) is 0 Å². The minimum Gasteiger partial charge on any atom is -0.311 e. The predicted octanol–water partition coefficient (Wildman–Crippen LogP) is 2.94. The van der Waals surface area contributed by atoms with E-state index in [1.54, 1.807) is 11.0 Å². The summed E-state index contributed by atoms with van der Waals surface area (Å²) in [7, 11) is -3.29. The molecule has 2 aliphatic heterocycles. The number of rotatable bonds is 3. The van der Waals surface area contributed by atoms with E-state index in [1.807, 2.05) is 12.1 Å². The van der Waals surface area contributed by atoms with Crippen LogP contribution in [0.1, 0.15) is 17.0 Å². The zero-order valence-electron chi connectivity index (χ0n) is 14.5. The Balaban J connectivity index is 1.67. The molecule has 2 aliphatic rings. The molecule has 10 heteroatoms. The number of halogens is 2. The second-order valence-corrected chi connectivity index (χ2v) is 11.2. The third-order valence-corrected chi connectivity index (χ3v) is 7.80. The highest BCUT2D eigenvalue weighted by molar-refractivity contribution is 7.88. The minimum absolute atomic E-state index is 0.0840. The fraction of sp³-hybridized carbons (Fsp3) is 0.412. The van der Waals surface area contributed by atoms with Crippen LogP contribution in [0.25, 0.3) is 0 Å². The number of amides is 1. The molecular weight excluding hydrogens is 429 g/mol. The van der Waals surface area contributed by atoms with Gasteiger partial charge in [-0.05, 0) is 30.2 Å². The zero-order chi connectivity index (χ0) is 19.4. The van der Waals surface area contributed by atoms with Crippen LogP contribution in [0.5, 0.6) is 0 Å². The van der Waals surface area contributed by atoms with Crippen molar-refractivity contribution in [3.05, 3.63) is 44.3 Å². The number of carbonyl (C=O) groups excluding carboxylic acids is 1. The van der Waals surface area contributed by atoms with Gasteiger partial charge in [0.05, 0.1) is 18.9 Å². The van der Waals surface area contributed by atoms with Gasteiger partial charge in [0.2, 0.25) is 15.9 Å². The average molecular weight is 446 g/mol. The maximum absolute atomic E-state index is 13.0. The predicted molar refractivity (Wildman–Crippen MR) is 107 cm³/mol. The SMILES string of the molecule is CS(=O)(=O)N1CCC2(CN(C(=O)Cc3ncc(Cl)s3)c3ccc(Cl)cc32)C1. The molecule has 0 bridgehead atoms. The molecule has 6 nitrogen and oxygen atoms in total. The second-order valence-electron chi connectivity index (χ2n) is 7.00.